The second-order valence-electron chi connectivity index (χ2n) is 2.70. The predicted molar refractivity (Wildman–Crippen MR) is 49.3 cm³/mol. The van der Waals surface area contributed by atoms with Crippen LogP contribution in [0.3, 0.4) is 0 Å². The smallest absolute Gasteiger partial charge is 0.744 e. The van der Waals surface area contributed by atoms with Crippen molar-refractivity contribution in [3.05, 3.63) is 12.1 Å². The van der Waals surface area contributed by atoms with Gasteiger partial charge < -0.3 is 24.8 Å². The molecular formula is C6H6Na2O9S2. The van der Waals surface area contributed by atoms with Crippen LogP contribution in [0.5, 0.6) is 11.5 Å². The van der Waals surface area contributed by atoms with E-state index in [-0.39, 0.29) is 64.6 Å². The first kappa shape index (κ1) is 24.6. The largest absolute Gasteiger partial charge is 1.00 e. The van der Waals surface area contributed by atoms with Crippen LogP contribution in [-0.4, -0.2) is 41.6 Å². The third kappa shape index (κ3) is 6.27. The van der Waals surface area contributed by atoms with Crippen molar-refractivity contribution in [3.63, 3.8) is 0 Å². The number of phenolic OH excluding ortho intramolecular Hbond substituents is 2. The van der Waals surface area contributed by atoms with Crippen LogP contribution in [0.1, 0.15) is 0 Å². The summed E-state index contributed by atoms with van der Waals surface area (Å²) in [6.07, 6.45) is 0. The number of aromatic hydroxyl groups is 2. The summed E-state index contributed by atoms with van der Waals surface area (Å²) in [7, 11) is -10.4. The molecule has 0 aromatic heterocycles. The number of hydrogen-bond donors (Lipinski definition) is 2. The first-order chi connectivity index (χ1) is 7.03. The second-order valence-corrected chi connectivity index (χ2v) is 5.40. The molecule has 19 heavy (non-hydrogen) atoms. The van der Waals surface area contributed by atoms with E-state index in [1.165, 1.54) is 0 Å². The molecule has 0 spiro atoms. The molecule has 0 aliphatic rings. The standard InChI is InChI=1S/C6H6O8S2.2Na.H2O/c7-3-1-4(15(9,10)11)6(8)5(2-3)16(12,13)14;;;/h1-2,7-8H,(H,9,10,11)(H,12,13,14);;;1H2/q;2*+1;/p-2. The van der Waals surface area contributed by atoms with Gasteiger partial charge in [0.05, 0.1) is 0 Å². The summed E-state index contributed by atoms with van der Waals surface area (Å²) in [5, 5.41) is 18.0. The maximum atomic E-state index is 10.6. The quantitative estimate of drug-likeness (QED) is 0.303. The van der Waals surface area contributed by atoms with Gasteiger partial charge >= 0.3 is 59.1 Å². The number of hydrogen-bond acceptors (Lipinski definition) is 8. The fourth-order valence-corrected chi connectivity index (χ4v) is 2.24. The predicted octanol–water partition coefficient (Wildman–Crippen LogP) is -7.91. The third-order valence-corrected chi connectivity index (χ3v) is 3.26. The molecule has 0 heterocycles. The normalized spacial score (nSPS) is 10.6. The van der Waals surface area contributed by atoms with Gasteiger partial charge in [0, 0.05) is 12.1 Å². The van der Waals surface area contributed by atoms with Crippen molar-refractivity contribution in [2.45, 2.75) is 9.79 Å². The first-order valence-corrected chi connectivity index (χ1v) is 6.33. The monoisotopic (exact) mass is 332 g/mol. The fourth-order valence-electron chi connectivity index (χ4n) is 0.950. The van der Waals surface area contributed by atoms with Gasteiger partial charge in [-0.3, -0.25) is 0 Å². The Kier molecular flexibility index (Phi) is 10.5. The molecule has 0 aliphatic carbocycles. The zero-order chi connectivity index (χ0) is 12.7. The average molecular weight is 332 g/mol. The van der Waals surface area contributed by atoms with Crippen molar-refractivity contribution in [3.8, 4) is 11.5 Å². The van der Waals surface area contributed by atoms with Gasteiger partial charge in [-0.25, -0.2) is 16.8 Å². The molecule has 0 unspecified atom stereocenters. The van der Waals surface area contributed by atoms with Gasteiger partial charge in [-0.15, -0.1) is 0 Å². The van der Waals surface area contributed by atoms with Gasteiger partial charge in [0.25, 0.3) is 0 Å². The molecule has 1 rings (SSSR count). The summed E-state index contributed by atoms with van der Waals surface area (Å²) < 4.78 is 63.4. The molecule has 0 aliphatic heterocycles. The SMILES string of the molecule is O.O=S(=O)([O-])c1cc(O)cc(S(=O)(=O)[O-])c1O.[Na+].[Na+]. The summed E-state index contributed by atoms with van der Waals surface area (Å²) in [5.74, 6) is -2.44. The number of benzene rings is 1. The average Bonchev–Trinajstić information content (AvgIpc) is 2.04. The van der Waals surface area contributed by atoms with Crippen molar-refractivity contribution in [2.24, 2.45) is 0 Å². The van der Waals surface area contributed by atoms with Gasteiger partial charge in [-0.05, 0) is 0 Å². The maximum absolute atomic E-state index is 10.6. The van der Waals surface area contributed by atoms with Crippen molar-refractivity contribution in [1.29, 1.82) is 0 Å². The molecule has 13 heteroatoms. The molecule has 0 radical (unpaired) electrons. The molecule has 0 saturated carbocycles. The fraction of sp³-hybridized carbons (Fsp3) is 0. The molecule has 1 aromatic carbocycles. The van der Waals surface area contributed by atoms with Gasteiger partial charge in [0.1, 0.15) is 35.8 Å². The summed E-state index contributed by atoms with van der Waals surface area (Å²) >= 11 is 0. The number of phenols is 2. The van der Waals surface area contributed by atoms with Crippen LogP contribution in [0.25, 0.3) is 0 Å². The zero-order valence-corrected chi connectivity index (χ0v) is 15.4. The summed E-state index contributed by atoms with van der Waals surface area (Å²) in [4.78, 5) is -2.75. The molecule has 0 fully saturated rings. The van der Waals surface area contributed by atoms with Crippen LogP contribution in [-0.2, 0) is 20.2 Å². The van der Waals surface area contributed by atoms with Gasteiger partial charge in [-0.1, -0.05) is 0 Å². The molecule has 0 amide bonds. The van der Waals surface area contributed by atoms with Crippen LogP contribution in [0.2, 0.25) is 0 Å². The van der Waals surface area contributed by atoms with Gasteiger partial charge in [0.15, 0.2) is 5.75 Å². The van der Waals surface area contributed by atoms with E-state index in [0.717, 1.165) is 0 Å². The van der Waals surface area contributed by atoms with Gasteiger partial charge in [0.2, 0.25) is 0 Å². The van der Waals surface area contributed by atoms with Crippen molar-refractivity contribution in [1.82, 2.24) is 0 Å². The molecule has 0 bridgehead atoms. The van der Waals surface area contributed by atoms with Gasteiger partial charge in [-0.2, -0.15) is 0 Å². The van der Waals surface area contributed by atoms with E-state index in [1.54, 1.807) is 0 Å². The Morgan fingerprint density at radius 1 is 0.842 bits per heavy atom. The van der Waals surface area contributed by atoms with E-state index in [0.29, 0.717) is 12.1 Å². The molecular weight excluding hydrogens is 326 g/mol. The van der Waals surface area contributed by atoms with E-state index in [2.05, 4.69) is 0 Å². The van der Waals surface area contributed by atoms with E-state index in [1.807, 2.05) is 0 Å². The molecule has 98 valence electrons. The Morgan fingerprint density at radius 3 is 1.32 bits per heavy atom. The van der Waals surface area contributed by atoms with E-state index in [9.17, 15) is 25.9 Å². The molecule has 1 aromatic rings. The summed E-state index contributed by atoms with van der Waals surface area (Å²) in [5.41, 5.74) is 0. The molecule has 4 N–H and O–H groups in total. The van der Waals surface area contributed by atoms with Crippen molar-refractivity contribution < 1.29 is 101 Å². The van der Waals surface area contributed by atoms with E-state index >= 15 is 0 Å². The number of rotatable bonds is 2. The van der Waals surface area contributed by atoms with Crippen LogP contribution in [0.4, 0.5) is 0 Å². The Balaban J connectivity index is -0.000000853. The maximum Gasteiger partial charge on any atom is 1.00 e. The van der Waals surface area contributed by atoms with E-state index < -0.39 is 41.5 Å². The van der Waals surface area contributed by atoms with Crippen molar-refractivity contribution >= 4 is 20.2 Å². The van der Waals surface area contributed by atoms with Crippen LogP contribution in [0.15, 0.2) is 21.9 Å². The Morgan fingerprint density at radius 2 is 1.11 bits per heavy atom. The molecule has 0 saturated heterocycles. The topological polar surface area (TPSA) is 186 Å². The van der Waals surface area contributed by atoms with Crippen LogP contribution in [0, 0.1) is 0 Å². The summed E-state index contributed by atoms with van der Waals surface area (Å²) in [6.45, 7) is 0. The second kappa shape index (κ2) is 8.14. The Bertz CT molecular complexity index is 584. The minimum atomic E-state index is -5.20. The van der Waals surface area contributed by atoms with Crippen LogP contribution >= 0.6 is 0 Å². The Labute approximate surface area is 153 Å². The molecule has 0 atom stereocenters. The Hall–Kier alpha value is 0.600. The first-order valence-electron chi connectivity index (χ1n) is 3.51. The minimum absolute atomic E-state index is 0. The van der Waals surface area contributed by atoms with Crippen molar-refractivity contribution in [2.75, 3.05) is 0 Å². The van der Waals surface area contributed by atoms with E-state index in [4.69, 9.17) is 10.2 Å². The third-order valence-electron chi connectivity index (χ3n) is 1.56. The zero-order valence-electron chi connectivity index (χ0n) is 9.82. The minimum Gasteiger partial charge on any atom is -0.744 e. The molecule has 9 nitrogen and oxygen atoms in total. The van der Waals surface area contributed by atoms with Crippen LogP contribution < -0.4 is 59.1 Å². The summed E-state index contributed by atoms with van der Waals surface area (Å²) in [6, 6.07) is 0.679.